The fraction of sp³-hybridized carbons (Fsp3) is 0.500. The van der Waals surface area contributed by atoms with Gasteiger partial charge in [0.1, 0.15) is 5.75 Å². The summed E-state index contributed by atoms with van der Waals surface area (Å²) < 4.78 is 5.31. The SMILES string of the molecule is COc1cc(C)c(C)cc1C(CN(C)C)C(=O)O. The van der Waals surface area contributed by atoms with Crippen LogP contribution in [-0.4, -0.2) is 43.7 Å². The maximum atomic E-state index is 11.4. The Labute approximate surface area is 108 Å². The molecule has 0 amide bonds. The summed E-state index contributed by atoms with van der Waals surface area (Å²) in [6.07, 6.45) is 0. The third kappa shape index (κ3) is 3.23. The highest BCUT2D eigenvalue weighted by atomic mass is 16.5. The van der Waals surface area contributed by atoms with Crippen LogP contribution in [-0.2, 0) is 4.79 Å². The minimum absolute atomic E-state index is 0.453. The summed E-state index contributed by atoms with van der Waals surface area (Å²) in [5, 5.41) is 9.37. The van der Waals surface area contributed by atoms with Crippen LogP contribution in [0, 0.1) is 13.8 Å². The van der Waals surface area contributed by atoms with Crippen molar-refractivity contribution < 1.29 is 14.6 Å². The number of benzene rings is 1. The second-order valence-electron chi connectivity index (χ2n) is 4.83. The summed E-state index contributed by atoms with van der Waals surface area (Å²) in [6.45, 7) is 4.42. The fourth-order valence-corrected chi connectivity index (χ4v) is 1.94. The van der Waals surface area contributed by atoms with Crippen molar-refractivity contribution in [3.8, 4) is 5.75 Å². The van der Waals surface area contributed by atoms with E-state index in [1.54, 1.807) is 7.11 Å². The number of carboxylic acids is 1. The molecule has 4 heteroatoms. The number of aryl methyl sites for hydroxylation is 2. The zero-order valence-corrected chi connectivity index (χ0v) is 11.7. The van der Waals surface area contributed by atoms with Gasteiger partial charge in [-0.3, -0.25) is 4.79 Å². The second-order valence-corrected chi connectivity index (χ2v) is 4.83. The van der Waals surface area contributed by atoms with Gasteiger partial charge in [-0.1, -0.05) is 6.07 Å². The van der Waals surface area contributed by atoms with Crippen molar-refractivity contribution in [1.29, 1.82) is 0 Å². The summed E-state index contributed by atoms with van der Waals surface area (Å²) in [6, 6.07) is 3.81. The summed E-state index contributed by atoms with van der Waals surface area (Å²) in [4.78, 5) is 13.3. The van der Waals surface area contributed by atoms with Gasteiger partial charge in [0.2, 0.25) is 0 Å². The summed E-state index contributed by atoms with van der Waals surface area (Å²) in [5.74, 6) is -0.758. The van der Waals surface area contributed by atoms with Crippen molar-refractivity contribution in [2.75, 3.05) is 27.7 Å². The molecule has 4 nitrogen and oxygen atoms in total. The van der Waals surface area contributed by atoms with E-state index in [-0.39, 0.29) is 0 Å². The van der Waals surface area contributed by atoms with Gasteiger partial charge >= 0.3 is 5.97 Å². The average molecular weight is 251 g/mol. The largest absolute Gasteiger partial charge is 0.496 e. The normalized spacial score (nSPS) is 12.6. The minimum Gasteiger partial charge on any atom is -0.496 e. The minimum atomic E-state index is -0.828. The molecule has 1 N–H and O–H groups in total. The maximum absolute atomic E-state index is 11.4. The first-order valence-corrected chi connectivity index (χ1v) is 5.89. The quantitative estimate of drug-likeness (QED) is 0.870. The molecule has 0 saturated carbocycles. The van der Waals surface area contributed by atoms with Crippen LogP contribution >= 0.6 is 0 Å². The number of hydrogen-bond acceptors (Lipinski definition) is 3. The Hall–Kier alpha value is -1.55. The Morgan fingerprint density at radius 2 is 1.89 bits per heavy atom. The number of ether oxygens (including phenoxy) is 1. The summed E-state index contributed by atoms with van der Waals surface area (Å²) >= 11 is 0. The zero-order valence-electron chi connectivity index (χ0n) is 11.7. The molecule has 1 atom stereocenters. The van der Waals surface area contributed by atoms with Crippen molar-refractivity contribution in [2.24, 2.45) is 0 Å². The van der Waals surface area contributed by atoms with Crippen LogP contribution in [0.25, 0.3) is 0 Å². The van der Waals surface area contributed by atoms with Crippen molar-refractivity contribution >= 4 is 5.97 Å². The van der Waals surface area contributed by atoms with Gasteiger partial charge in [0.05, 0.1) is 13.0 Å². The van der Waals surface area contributed by atoms with Gasteiger partial charge in [-0.2, -0.15) is 0 Å². The number of nitrogens with zero attached hydrogens (tertiary/aromatic N) is 1. The highest BCUT2D eigenvalue weighted by Crippen LogP contribution is 2.30. The van der Waals surface area contributed by atoms with Crippen LogP contribution in [0.5, 0.6) is 5.75 Å². The standard InChI is InChI=1S/C14H21NO3/c1-9-6-11(13(18-5)7-10(9)2)12(14(16)17)8-15(3)4/h6-7,12H,8H2,1-5H3,(H,16,17). The molecule has 0 spiro atoms. The first-order valence-electron chi connectivity index (χ1n) is 5.89. The topological polar surface area (TPSA) is 49.8 Å². The van der Waals surface area contributed by atoms with Crippen molar-refractivity contribution in [3.63, 3.8) is 0 Å². The predicted octanol–water partition coefficient (Wildman–Crippen LogP) is 2.04. The second kappa shape index (κ2) is 5.87. The molecular formula is C14H21NO3. The van der Waals surface area contributed by atoms with E-state index in [0.717, 1.165) is 16.7 Å². The van der Waals surface area contributed by atoms with E-state index in [4.69, 9.17) is 4.74 Å². The van der Waals surface area contributed by atoms with Crippen LogP contribution in [0.15, 0.2) is 12.1 Å². The number of hydrogen-bond donors (Lipinski definition) is 1. The first kappa shape index (κ1) is 14.5. The van der Waals surface area contributed by atoms with E-state index in [0.29, 0.717) is 12.3 Å². The third-order valence-electron chi connectivity index (χ3n) is 3.07. The van der Waals surface area contributed by atoms with Gasteiger partial charge in [0.25, 0.3) is 0 Å². The van der Waals surface area contributed by atoms with Gasteiger partial charge in [0, 0.05) is 12.1 Å². The molecule has 0 aliphatic carbocycles. The lowest BCUT2D eigenvalue weighted by Crippen LogP contribution is -2.26. The van der Waals surface area contributed by atoms with E-state index >= 15 is 0 Å². The number of likely N-dealkylation sites (N-methyl/N-ethyl adjacent to an activating group) is 1. The van der Waals surface area contributed by atoms with Crippen LogP contribution in [0.4, 0.5) is 0 Å². The molecular weight excluding hydrogens is 230 g/mol. The molecule has 0 bridgehead atoms. The number of rotatable bonds is 5. The van der Waals surface area contributed by atoms with Crippen LogP contribution in [0.2, 0.25) is 0 Å². The molecule has 1 aromatic carbocycles. The number of carboxylic acid groups (broad SMARTS) is 1. The molecule has 100 valence electrons. The lowest BCUT2D eigenvalue weighted by atomic mass is 9.94. The van der Waals surface area contributed by atoms with E-state index in [1.807, 2.05) is 45.0 Å². The Balaban J connectivity index is 3.26. The maximum Gasteiger partial charge on any atom is 0.312 e. The fourth-order valence-electron chi connectivity index (χ4n) is 1.94. The molecule has 0 aromatic heterocycles. The molecule has 0 heterocycles. The molecule has 0 fully saturated rings. The van der Waals surface area contributed by atoms with Crippen LogP contribution < -0.4 is 4.74 Å². The van der Waals surface area contributed by atoms with Crippen LogP contribution in [0.3, 0.4) is 0 Å². The third-order valence-corrected chi connectivity index (χ3v) is 3.07. The first-order chi connectivity index (χ1) is 8.36. The lowest BCUT2D eigenvalue weighted by Gasteiger charge is -2.21. The molecule has 0 radical (unpaired) electrons. The zero-order chi connectivity index (χ0) is 13.9. The lowest BCUT2D eigenvalue weighted by molar-refractivity contribution is -0.139. The Morgan fingerprint density at radius 1 is 1.33 bits per heavy atom. The Morgan fingerprint density at radius 3 is 2.33 bits per heavy atom. The number of aliphatic carboxylic acids is 1. The molecule has 18 heavy (non-hydrogen) atoms. The molecule has 1 unspecified atom stereocenters. The molecule has 0 aliphatic heterocycles. The Kier molecular flexibility index (Phi) is 4.73. The average Bonchev–Trinajstić information content (AvgIpc) is 2.28. The van der Waals surface area contributed by atoms with E-state index in [9.17, 15) is 9.90 Å². The van der Waals surface area contributed by atoms with Crippen molar-refractivity contribution in [2.45, 2.75) is 19.8 Å². The van der Waals surface area contributed by atoms with Gasteiger partial charge in [-0.15, -0.1) is 0 Å². The molecule has 0 aliphatic rings. The van der Waals surface area contributed by atoms with Crippen molar-refractivity contribution in [1.82, 2.24) is 4.90 Å². The van der Waals surface area contributed by atoms with E-state index in [1.165, 1.54) is 0 Å². The van der Waals surface area contributed by atoms with Crippen molar-refractivity contribution in [3.05, 3.63) is 28.8 Å². The summed E-state index contributed by atoms with van der Waals surface area (Å²) in [5.41, 5.74) is 2.92. The highest BCUT2D eigenvalue weighted by molar-refractivity contribution is 5.77. The monoisotopic (exact) mass is 251 g/mol. The van der Waals surface area contributed by atoms with Gasteiger partial charge in [-0.05, 0) is 45.1 Å². The predicted molar refractivity (Wildman–Crippen MR) is 71.4 cm³/mol. The Bertz CT molecular complexity index is 441. The van der Waals surface area contributed by atoms with Gasteiger partial charge in [-0.25, -0.2) is 0 Å². The van der Waals surface area contributed by atoms with E-state index < -0.39 is 11.9 Å². The number of methoxy groups -OCH3 is 1. The summed E-state index contributed by atoms with van der Waals surface area (Å²) in [7, 11) is 5.30. The van der Waals surface area contributed by atoms with Gasteiger partial charge in [0.15, 0.2) is 0 Å². The molecule has 1 aromatic rings. The molecule has 0 saturated heterocycles. The highest BCUT2D eigenvalue weighted by Gasteiger charge is 2.24. The number of carbonyl (C=O) groups is 1. The van der Waals surface area contributed by atoms with Crippen LogP contribution in [0.1, 0.15) is 22.6 Å². The van der Waals surface area contributed by atoms with Gasteiger partial charge < -0.3 is 14.7 Å². The smallest absolute Gasteiger partial charge is 0.312 e. The molecule has 1 rings (SSSR count). The van der Waals surface area contributed by atoms with E-state index in [2.05, 4.69) is 0 Å².